The maximum atomic E-state index is 11.9. The third kappa shape index (κ3) is 7.45. The Morgan fingerprint density at radius 2 is 1.62 bits per heavy atom. The van der Waals surface area contributed by atoms with Crippen LogP contribution >= 0.6 is 0 Å². The molecule has 0 aliphatic rings. The van der Waals surface area contributed by atoms with Crippen LogP contribution in [0.2, 0.25) is 0 Å². The second-order valence-electron chi connectivity index (χ2n) is 5.82. The second kappa shape index (κ2) is 9.12. The molecule has 0 spiro atoms. The molecule has 4 N–H and O–H groups in total. The van der Waals surface area contributed by atoms with E-state index in [1.165, 1.54) is 0 Å². The van der Waals surface area contributed by atoms with Crippen molar-refractivity contribution in [1.29, 1.82) is 0 Å². The van der Waals surface area contributed by atoms with Crippen LogP contribution in [0.5, 0.6) is 0 Å². The van der Waals surface area contributed by atoms with Gasteiger partial charge in [-0.05, 0) is 23.3 Å². The minimum absolute atomic E-state index is 0.111. The molecule has 0 fully saturated rings. The molecule has 26 heavy (non-hydrogen) atoms. The first-order chi connectivity index (χ1) is 12.3. The number of sulfonamides is 1. The van der Waals surface area contributed by atoms with Crippen LogP contribution in [-0.2, 0) is 31.8 Å². The Bertz CT molecular complexity index is 867. The highest BCUT2D eigenvalue weighted by Crippen LogP contribution is 2.12. The average Bonchev–Trinajstić information content (AvgIpc) is 2.54. The molecule has 138 valence electrons. The fraction of sp³-hybridized carbons (Fsp3) is 0.222. The zero-order valence-electron chi connectivity index (χ0n) is 14.1. The first-order valence-electron chi connectivity index (χ1n) is 8.02. The van der Waals surface area contributed by atoms with Crippen molar-refractivity contribution < 1.29 is 18.0 Å². The van der Waals surface area contributed by atoms with Crippen molar-refractivity contribution >= 4 is 27.5 Å². The van der Waals surface area contributed by atoms with Crippen molar-refractivity contribution in [3.05, 3.63) is 65.7 Å². The fourth-order valence-electron chi connectivity index (χ4n) is 2.35. The standard InChI is InChI=1S/C18H21N3O4S/c19-26(24,25)13-15-7-4-8-16(11-15)21-17(22)9-10-20-18(23)12-14-5-2-1-3-6-14/h1-8,11H,9-10,12-13H2,(H,20,23)(H,21,22)(H2,19,24,25). The number of rotatable bonds is 8. The lowest BCUT2D eigenvalue weighted by atomic mass is 10.1. The van der Waals surface area contributed by atoms with Crippen LogP contribution in [-0.4, -0.2) is 26.8 Å². The molecule has 0 aromatic heterocycles. The molecular formula is C18H21N3O4S. The number of benzene rings is 2. The van der Waals surface area contributed by atoms with Gasteiger partial charge in [0, 0.05) is 18.7 Å². The zero-order valence-corrected chi connectivity index (χ0v) is 15.0. The van der Waals surface area contributed by atoms with Gasteiger partial charge in [-0.15, -0.1) is 0 Å². The minimum Gasteiger partial charge on any atom is -0.355 e. The van der Waals surface area contributed by atoms with Gasteiger partial charge in [0.1, 0.15) is 0 Å². The summed E-state index contributed by atoms with van der Waals surface area (Å²) in [4.78, 5) is 23.8. The number of carbonyl (C=O) groups excluding carboxylic acids is 2. The molecule has 0 saturated heterocycles. The minimum atomic E-state index is -3.63. The lowest BCUT2D eigenvalue weighted by molar-refractivity contribution is -0.120. The van der Waals surface area contributed by atoms with Gasteiger partial charge in [-0.25, -0.2) is 13.6 Å². The number of anilines is 1. The van der Waals surface area contributed by atoms with E-state index in [0.717, 1.165) is 5.56 Å². The van der Waals surface area contributed by atoms with Gasteiger partial charge >= 0.3 is 0 Å². The van der Waals surface area contributed by atoms with Crippen molar-refractivity contribution in [2.75, 3.05) is 11.9 Å². The highest BCUT2D eigenvalue weighted by atomic mass is 32.2. The van der Waals surface area contributed by atoms with Gasteiger partial charge in [0.2, 0.25) is 21.8 Å². The predicted molar refractivity (Wildman–Crippen MR) is 99.7 cm³/mol. The molecule has 0 atom stereocenters. The van der Waals surface area contributed by atoms with Crippen molar-refractivity contribution in [2.24, 2.45) is 5.14 Å². The lowest BCUT2D eigenvalue weighted by Gasteiger charge is -2.08. The molecule has 2 amide bonds. The Hall–Kier alpha value is -2.71. The topological polar surface area (TPSA) is 118 Å². The molecule has 0 saturated carbocycles. The zero-order chi connectivity index (χ0) is 19.0. The van der Waals surface area contributed by atoms with E-state index in [-0.39, 0.29) is 37.0 Å². The van der Waals surface area contributed by atoms with Crippen LogP contribution in [0.1, 0.15) is 17.5 Å². The SMILES string of the molecule is NS(=O)(=O)Cc1cccc(NC(=O)CCNC(=O)Cc2ccccc2)c1. The first-order valence-corrected chi connectivity index (χ1v) is 9.73. The first kappa shape index (κ1) is 19.6. The van der Waals surface area contributed by atoms with Gasteiger partial charge in [-0.2, -0.15) is 0 Å². The third-order valence-electron chi connectivity index (χ3n) is 3.46. The number of amides is 2. The molecule has 0 unspecified atom stereocenters. The number of hydrogen-bond acceptors (Lipinski definition) is 4. The number of carbonyl (C=O) groups is 2. The van der Waals surface area contributed by atoms with Crippen molar-refractivity contribution in [3.63, 3.8) is 0 Å². The number of nitrogens with two attached hydrogens (primary N) is 1. The van der Waals surface area contributed by atoms with Gasteiger partial charge in [-0.1, -0.05) is 42.5 Å². The summed E-state index contributed by atoms with van der Waals surface area (Å²) in [6, 6.07) is 15.8. The Balaban J connectivity index is 1.76. The van der Waals surface area contributed by atoms with Crippen LogP contribution in [0.15, 0.2) is 54.6 Å². The highest BCUT2D eigenvalue weighted by molar-refractivity contribution is 7.88. The summed E-state index contributed by atoms with van der Waals surface area (Å²) in [5.41, 5.74) is 1.87. The normalized spacial score (nSPS) is 11.0. The third-order valence-corrected chi connectivity index (χ3v) is 4.20. The summed E-state index contributed by atoms with van der Waals surface area (Å²) in [6.45, 7) is 0.217. The molecule has 7 nitrogen and oxygen atoms in total. The molecule has 0 aliphatic carbocycles. The molecule has 0 heterocycles. The summed E-state index contributed by atoms with van der Waals surface area (Å²) in [5, 5.41) is 10.4. The Labute approximate surface area is 152 Å². The van der Waals surface area contributed by atoms with Crippen molar-refractivity contribution in [3.8, 4) is 0 Å². The lowest BCUT2D eigenvalue weighted by Crippen LogP contribution is -2.28. The van der Waals surface area contributed by atoms with E-state index in [1.807, 2.05) is 30.3 Å². The maximum absolute atomic E-state index is 11.9. The maximum Gasteiger partial charge on any atom is 0.226 e. The van der Waals surface area contributed by atoms with Crippen LogP contribution in [0.4, 0.5) is 5.69 Å². The predicted octanol–water partition coefficient (Wildman–Crippen LogP) is 1.16. The molecule has 2 rings (SSSR count). The van der Waals surface area contributed by atoms with Crippen LogP contribution < -0.4 is 15.8 Å². The van der Waals surface area contributed by atoms with E-state index in [1.54, 1.807) is 24.3 Å². The molecular weight excluding hydrogens is 354 g/mol. The smallest absolute Gasteiger partial charge is 0.226 e. The molecule has 2 aromatic rings. The monoisotopic (exact) mass is 375 g/mol. The molecule has 2 aromatic carbocycles. The Kier molecular flexibility index (Phi) is 6.88. The molecule has 0 radical (unpaired) electrons. The summed E-state index contributed by atoms with van der Waals surface area (Å²) in [5.74, 6) is -0.733. The highest BCUT2D eigenvalue weighted by Gasteiger charge is 2.08. The molecule has 0 aliphatic heterocycles. The molecule has 8 heteroatoms. The number of nitrogens with one attached hydrogen (secondary N) is 2. The second-order valence-corrected chi connectivity index (χ2v) is 7.43. The van der Waals surface area contributed by atoms with Gasteiger partial charge in [0.05, 0.1) is 12.2 Å². The number of primary sulfonamides is 1. The fourth-order valence-corrected chi connectivity index (χ4v) is 3.00. The van der Waals surface area contributed by atoms with Gasteiger partial charge < -0.3 is 10.6 Å². The largest absolute Gasteiger partial charge is 0.355 e. The van der Waals surface area contributed by atoms with E-state index in [9.17, 15) is 18.0 Å². The Morgan fingerprint density at radius 3 is 2.31 bits per heavy atom. The summed E-state index contributed by atoms with van der Waals surface area (Å²) >= 11 is 0. The van der Waals surface area contributed by atoms with Crippen molar-refractivity contribution in [1.82, 2.24) is 5.32 Å². The van der Waals surface area contributed by atoms with E-state index in [4.69, 9.17) is 5.14 Å². The van der Waals surface area contributed by atoms with E-state index >= 15 is 0 Å². The summed E-state index contributed by atoms with van der Waals surface area (Å²) < 4.78 is 22.2. The van der Waals surface area contributed by atoms with Crippen LogP contribution in [0, 0.1) is 0 Å². The van der Waals surface area contributed by atoms with E-state index < -0.39 is 10.0 Å². The average molecular weight is 375 g/mol. The summed E-state index contributed by atoms with van der Waals surface area (Å²) in [7, 11) is -3.63. The van der Waals surface area contributed by atoms with Crippen LogP contribution in [0.25, 0.3) is 0 Å². The Morgan fingerprint density at radius 1 is 0.923 bits per heavy atom. The van der Waals surface area contributed by atoms with Gasteiger partial charge in [0.25, 0.3) is 0 Å². The van der Waals surface area contributed by atoms with Gasteiger partial charge in [-0.3, -0.25) is 9.59 Å². The van der Waals surface area contributed by atoms with Crippen molar-refractivity contribution in [2.45, 2.75) is 18.6 Å². The van der Waals surface area contributed by atoms with E-state index in [0.29, 0.717) is 11.3 Å². The van der Waals surface area contributed by atoms with Gasteiger partial charge in [0.15, 0.2) is 0 Å². The molecule has 0 bridgehead atoms. The quantitative estimate of drug-likeness (QED) is 0.641. The number of hydrogen-bond donors (Lipinski definition) is 3. The van der Waals surface area contributed by atoms with Crippen LogP contribution in [0.3, 0.4) is 0 Å². The summed E-state index contributed by atoms with van der Waals surface area (Å²) in [6.07, 6.45) is 0.373. The van der Waals surface area contributed by atoms with E-state index in [2.05, 4.69) is 10.6 Å².